The van der Waals surface area contributed by atoms with Crippen LogP contribution in [0.2, 0.25) is 0 Å². The Kier molecular flexibility index (Phi) is 4.80. The van der Waals surface area contributed by atoms with Gasteiger partial charge in [0.25, 0.3) is 0 Å². The molecule has 0 saturated carbocycles. The Balaban J connectivity index is 2.49. The average Bonchev–Trinajstić information content (AvgIpc) is 1.61. The van der Waals surface area contributed by atoms with E-state index in [9.17, 15) is 0 Å². The molecule has 0 atom stereocenters. The van der Waals surface area contributed by atoms with Crippen LogP contribution in [0.3, 0.4) is 0 Å². The predicted molar refractivity (Wildman–Crippen MR) is 29.9 cm³/mol. The summed E-state index contributed by atoms with van der Waals surface area (Å²) in [6.45, 7) is 2.79. The van der Waals surface area contributed by atoms with Gasteiger partial charge in [-0.2, -0.15) is 0 Å². The molecule has 0 rings (SSSR count). The predicted octanol–water partition coefficient (Wildman–Crippen LogP) is 1.37. The van der Waals surface area contributed by atoms with Crippen molar-refractivity contribution in [3.05, 3.63) is 0 Å². The van der Waals surface area contributed by atoms with Crippen molar-refractivity contribution in [1.82, 2.24) is 0 Å². The maximum absolute atomic E-state index is 4.67. The number of hydrogen-bond acceptors (Lipinski definition) is 2. The van der Waals surface area contributed by atoms with E-state index in [-0.39, 0.29) is 0 Å². The molecule has 0 aromatic carbocycles. The van der Waals surface area contributed by atoms with Crippen molar-refractivity contribution in [2.75, 3.05) is 6.61 Å². The largest absolute Gasteiger partial charge is 0.490 e. The zero-order chi connectivity index (χ0) is 4.83. The zero-order valence-corrected chi connectivity index (χ0v) is 4.62. The first-order valence-corrected chi connectivity index (χ1v) is 2.44. The number of rotatable bonds is 3. The minimum absolute atomic E-state index is 0.753. The second-order valence-electron chi connectivity index (χ2n) is 0.967. The molecule has 0 amide bonds. The highest BCUT2D eigenvalue weighted by molar-refractivity contribution is 7.78. The van der Waals surface area contributed by atoms with Crippen LogP contribution in [0.25, 0.3) is 0 Å². The van der Waals surface area contributed by atoms with E-state index in [1.807, 2.05) is 6.92 Å². The van der Waals surface area contributed by atoms with E-state index in [2.05, 4.69) is 17.0 Å². The molecular weight excluding hydrogens is 96.1 g/mol. The molecule has 0 fully saturated rings. The van der Waals surface area contributed by atoms with Gasteiger partial charge in [-0.1, -0.05) is 6.92 Å². The van der Waals surface area contributed by atoms with Crippen LogP contribution in [0.15, 0.2) is 0 Å². The van der Waals surface area contributed by atoms with Crippen molar-refractivity contribution in [1.29, 1.82) is 0 Å². The van der Waals surface area contributed by atoms with E-state index in [4.69, 9.17) is 0 Å². The number of hydrogen-bond donors (Lipinski definition) is 0. The summed E-state index contributed by atoms with van der Waals surface area (Å²) in [6.07, 6.45) is 1.03. The quantitative estimate of drug-likeness (QED) is 0.395. The van der Waals surface area contributed by atoms with Crippen LogP contribution in [0.4, 0.5) is 0 Å². The van der Waals surface area contributed by atoms with Gasteiger partial charge in [-0.05, 0) is 18.6 Å². The fraction of sp³-hybridized carbons (Fsp3) is 0.750. The summed E-state index contributed by atoms with van der Waals surface area (Å²) in [4.78, 5) is 0. The lowest BCUT2D eigenvalue weighted by atomic mass is 10.5. The Morgan fingerprint density at radius 3 is 2.67 bits per heavy atom. The van der Waals surface area contributed by atoms with Gasteiger partial charge in [0.05, 0.1) is 6.61 Å². The van der Waals surface area contributed by atoms with Gasteiger partial charge in [0.2, 0.25) is 0 Å². The van der Waals surface area contributed by atoms with Crippen molar-refractivity contribution >= 4 is 17.8 Å². The molecule has 0 spiro atoms. The Labute approximate surface area is 43.3 Å². The van der Waals surface area contributed by atoms with Gasteiger partial charge >= 0.3 is 0 Å². The van der Waals surface area contributed by atoms with E-state index >= 15 is 0 Å². The van der Waals surface area contributed by atoms with Crippen molar-refractivity contribution in [2.45, 2.75) is 13.3 Å². The maximum atomic E-state index is 4.67. The molecule has 6 heavy (non-hydrogen) atoms. The molecule has 0 saturated heterocycles. The lowest BCUT2D eigenvalue weighted by Crippen LogP contribution is -1.84. The van der Waals surface area contributed by atoms with Gasteiger partial charge in [-0.25, -0.2) is 0 Å². The monoisotopic (exact) mass is 104 g/mol. The van der Waals surface area contributed by atoms with E-state index in [0.717, 1.165) is 13.0 Å². The van der Waals surface area contributed by atoms with Gasteiger partial charge in [0.15, 0.2) is 0 Å². The molecule has 1 nitrogen and oxygen atoms in total. The Bertz CT molecular complexity index is 36.5. The number of ether oxygens (including phenoxy) is 1. The van der Waals surface area contributed by atoms with Crippen molar-refractivity contribution < 1.29 is 4.74 Å². The zero-order valence-electron chi connectivity index (χ0n) is 3.81. The lowest BCUT2D eigenvalue weighted by molar-refractivity contribution is 0.327. The SMILES string of the molecule is CCCOC=S. The highest BCUT2D eigenvalue weighted by Gasteiger charge is 1.69. The van der Waals surface area contributed by atoms with Gasteiger partial charge in [-0.15, -0.1) is 0 Å². The summed E-state index contributed by atoms with van der Waals surface area (Å²) < 4.78 is 4.67. The molecule has 0 N–H and O–H groups in total. The fourth-order valence-corrected chi connectivity index (χ4v) is 0.262. The molecule has 0 unspecified atom stereocenters. The minimum Gasteiger partial charge on any atom is -0.490 e. The molecule has 0 aromatic heterocycles. The standard InChI is InChI=1S/C4H8OS/c1-2-3-5-4-6/h4H,2-3H2,1H3. The van der Waals surface area contributed by atoms with Crippen LogP contribution < -0.4 is 0 Å². The summed E-state index contributed by atoms with van der Waals surface area (Å²) in [5, 5.41) is 0. The van der Waals surface area contributed by atoms with Crippen LogP contribution in [0.1, 0.15) is 13.3 Å². The van der Waals surface area contributed by atoms with Gasteiger partial charge < -0.3 is 4.74 Å². The van der Waals surface area contributed by atoms with Crippen molar-refractivity contribution in [3.8, 4) is 0 Å². The maximum Gasteiger partial charge on any atom is 0.146 e. The number of thiocarbonyl (C=S) groups is 1. The first-order valence-electron chi connectivity index (χ1n) is 1.97. The van der Waals surface area contributed by atoms with Crippen LogP contribution in [0.5, 0.6) is 0 Å². The van der Waals surface area contributed by atoms with Crippen LogP contribution in [0, 0.1) is 0 Å². The lowest BCUT2D eigenvalue weighted by Gasteiger charge is -1.88. The topological polar surface area (TPSA) is 9.23 Å². The van der Waals surface area contributed by atoms with E-state index in [1.54, 1.807) is 0 Å². The Hall–Kier alpha value is -0.110. The third kappa shape index (κ3) is 3.89. The van der Waals surface area contributed by atoms with Crippen LogP contribution in [-0.4, -0.2) is 12.2 Å². The van der Waals surface area contributed by atoms with Crippen molar-refractivity contribution in [3.63, 3.8) is 0 Å². The molecule has 0 aliphatic heterocycles. The third-order valence-electron chi connectivity index (χ3n) is 0.390. The fourth-order valence-electron chi connectivity index (χ4n) is 0.166. The molecule has 0 aliphatic rings. The van der Waals surface area contributed by atoms with E-state index < -0.39 is 0 Å². The van der Waals surface area contributed by atoms with Gasteiger partial charge in [0.1, 0.15) is 5.55 Å². The summed E-state index contributed by atoms with van der Waals surface area (Å²) in [5.41, 5.74) is 1.30. The Morgan fingerprint density at radius 2 is 2.50 bits per heavy atom. The molecule has 0 radical (unpaired) electrons. The normalized spacial score (nSPS) is 7.50. The molecule has 0 aliphatic carbocycles. The minimum atomic E-state index is 0.753. The van der Waals surface area contributed by atoms with Crippen LogP contribution >= 0.6 is 12.2 Å². The first kappa shape index (κ1) is 5.89. The van der Waals surface area contributed by atoms with Gasteiger partial charge in [0, 0.05) is 0 Å². The van der Waals surface area contributed by atoms with E-state index in [1.165, 1.54) is 5.55 Å². The van der Waals surface area contributed by atoms with E-state index in [0.29, 0.717) is 0 Å². The summed E-state index contributed by atoms with van der Waals surface area (Å²) >= 11 is 4.37. The molecule has 0 heterocycles. The highest BCUT2D eigenvalue weighted by atomic mass is 32.1. The summed E-state index contributed by atoms with van der Waals surface area (Å²) in [7, 11) is 0. The molecule has 0 bridgehead atoms. The first-order chi connectivity index (χ1) is 2.91. The summed E-state index contributed by atoms with van der Waals surface area (Å²) in [5.74, 6) is 0. The summed E-state index contributed by atoms with van der Waals surface area (Å²) in [6, 6.07) is 0. The highest BCUT2D eigenvalue weighted by Crippen LogP contribution is 1.73. The van der Waals surface area contributed by atoms with Gasteiger partial charge in [-0.3, -0.25) is 0 Å². The van der Waals surface area contributed by atoms with Crippen LogP contribution in [-0.2, 0) is 4.74 Å². The molecular formula is C4H8OS. The Morgan fingerprint density at radius 1 is 1.83 bits per heavy atom. The second-order valence-corrected chi connectivity index (χ2v) is 1.16. The van der Waals surface area contributed by atoms with Crippen molar-refractivity contribution in [2.24, 2.45) is 0 Å². The molecule has 0 aromatic rings. The smallest absolute Gasteiger partial charge is 0.146 e. The molecule has 36 valence electrons. The second kappa shape index (κ2) is 4.89. The molecule has 2 heteroatoms. The third-order valence-corrected chi connectivity index (χ3v) is 0.526. The average molecular weight is 104 g/mol.